The van der Waals surface area contributed by atoms with Crippen molar-refractivity contribution < 1.29 is 19.1 Å². The van der Waals surface area contributed by atoms with Crippen molar-refractivity contribution in [2.24, 2.45) is 0 Å². The molecule has 1 fully saturated rings. The first-order chi connectivity index (χ1) is 9.97. The fraction of sp³-hybridized carbons (Fsp3) is 0.333. The summed E-state index contributed by atoms with van der Waals surface area (Å²) in [4.78, 5) is 24.5. The zero-order valence-electron chi connectivity index (χ0n) is 11.6. The first kappa shape index (κ1) is 15.6. The topological polar surface area (TPSA) is 57.6 Å². The molecule has 0 radical (unpaired) electrons. The molecular formula is C15H16FNO3S. The maximum absolute atomic E-state index is 13.9. The summed E-state index contributed by atoms with van der Waals surface area (Å²) in [7, 11) is 0. The van der Waals surface area contributed by atoms with Crippen LogP contribution >= 0.6 is 11.8 Å². The molecule has 1 atom stereocenters. The van der Waals surface area contributed by atoms with E-state index in [-0.39, 0.29) is 11.5 Å². The summed E-state index contributed by atoms with van der Waals surface area (Å²) in [5, 5.41) is 8.94. The monoisotopic (exact) mass is 309 g/mol. The van der Waals surface area contributed by atoms with Crippen molar-refractivity contribution in [3.63, 3.8) is 0 Å². The van der Waals surface area contributed by atoms with Gasteiger partial charge in [0.25, 0.3) is 5.91 Å². The molecule has 1 aliphatic rings. The molecule has 1 heterocycles. The van der Waals surface area contributed by atoms with Crippen LogP contribution in [0.25, 0.3) is 6.08 Å². The summed E-state index contributed by atoms with van der Waals surface area (Å²) in [5.74, 6) is -1.18. The molecule has 4 nitrogen and oxygen atoms in total. The molecular weight excluding hydrogens is 293 g/mol. The highest BCUT2D eigenvalue weighted by molar-refractivity contribution is 7.99. The van der Waals surface area contributed by atoms with Crippen LogP contribution in [0.2, 0.25) is 0 Å². The molecule has 21 heavy (non-hydrogen) atoms. The maximum atomic E-state index is 13.9. The maximum Gasteiger partial charge on any atom is 0.328 e. The fourth-order valence-electron chi connectivity index (χ4n) is 2.15. The van der Waals surface area contributed by atoms with Crippen molar-refractivity contribution in [1.82, 2.24) is 4.90 Å². The Hall–Kier alpha value is -1.82. The van der Waals surface area contributed by atoms with Gasteiger partial charge in [-0.15, -0.1) is 0 Å². The quantitative estimate of drug-likeness (QED) is 0.872. The molecule has 0 saturated carbocycles. The molecule has 1 saturated heterocycles. The highest BCUT2D eigenvalue weighted by atomic mass is 32.2. The second-order valence-electron chi connectivity index (χ2n) is 4.84. The van der Waals surface area contributed by atoms with Crippen LogP contribution in [0.5, 0.6) is 0 Å². The first-order valence-electron chi connectivity index (χ1n) is 6.59. The minimum atomic E-state index is -1.09. The SMILES string of the molecule is CC1CN(C(=O)c2cc(/C=C/C(=O)O)ccc2F)CCS1. The highest BCUT2D eigenvalue weighted by Crippen LogP contribution is 2.21. The molecule has 2 rings (SSSR count). The summed E-state index contributed by atoms with van der Waals surface area (Å²) >= 11 is 1.79. The van der Waals surface area contributed by atoms with E-state index in [9.17, 15) is 14.0 Å². The van der Waals surface area contributed by atoms with Crippen LogP contribution in [0.15, 0.2) is 24.3 Å². The number of carboxylic acid groups (broad SMARTS) is 1. The van der Waals surface area contributed by atoms with E-state index >= 15 is 0 Å². The molecule has 1 aliphatic heterocycles. The number of carbonyl (C=O) groups excluding carboxylic acids is 1. The van der Waals surface area contributed by atoms with E-state index in [1.165, 1.54) is 24.3 Å². The largest absolute Gasteiger partial charge is 0.478 e. The number of hydrogen-bond donors (Lipinski definition) is 1. The smallest absolute Gasteiger partial charge is 0.328 e. The van der Waals surface area contributed by atoms with Gasteiger partial charge in [0.1, 0.15) is 5.82 Å². The van der Waals surface area contributed by atoms with Crippen LogP contribution in [0.1, 0.15) is 22.8 Å². The Balaban J connectivity index is 2.23. The minimum absolute atomic E-state index is 0.0124. The lowest BCUT2D eigenvalue weighted by molar-refractivity contribution is -0.131. The number of halogens is 1. The van der Waals surface area contributed by atoms with E-state index in [0.717, 1.165) is 11.8 Å². The molecule has 1 aromatic carbocycles. The standard InChI is InChI=1S/C15H16FNO3S/c1-10-9-17(6-7-21-10)15(20)12-8-11(2-4-13(12)16)3-5-14(18)19/h2-5,8,10H,6-7,9H2,1H3,(H,18,19)/b5-3+. The number of carboxylic acids is 1. The van der Waals surface area contributed by atoms with Crippen molar-refractivity contribution in [3.05, 3.63) is 41.2 Å². The summed E-state index contributed by atoms with van der Waals surface area (Å²) in [6.45, 7) is 3.23. The van der Waals surface area contributed by atoms with E-state index in [1.54, 1.807) is 16.7 Å². The van der Waals surface area contributed by atoms with E-state index in [2.05, 4.69) is 0 Å². The molecule has 6 heteroatoms. The number of thioether (sulfide) groups is 1. The Morgan fingerprint density at radius 1 is 1.48 bits per heavy atom. The van der Waals surface area contributed by atoms with E-state index in [4.69, 9.17) is 5.11 Å². The Morgan fingerprint density at radius 2 is 2.24 bits per heavy atom. The van der Waals surface area contributed by atoms with Crippen molar-refractivity contribution in [2.75, 3.05) is 18.8 Å². The normalized spacial score (nSPS) is 19.0. The predicted molar refractivity (Wildman–Crippen MR) is 80.9 cm³/mol. The average Bonchev–Trinajstić information content (AvgIpc) is 2.45. The Labute approximate surface area is 126 Å². The van der Waals surface area contributed by atoms with Gasteiger partial charge in [0, 0.05) is 30.2 Å². The number of nitrogens with zero attached hydrogens (tertiary/aromatic N) is 1. The summed E-state index contributed by atoms with van der Waals surface area (Å²) in [5.41, 5.74) is 0.475. The summed E-state index contributed by atoms with van der Waals surface area (Å²) in [6.07, 6.45) is 2.30. The van der Waals surface area contributed by atoms with Crippen LogP contribution in [-0.4, -0.2) is 46.0 Å². The van der Waals surface area contributed by atoms with Crippen LogP contribution in [-0.2, 0) is 4.79 Å². The molecule has 112 valence electrons. The van der Waals surface area contributed by atoms with Gasteiger partial charge in [-0.1, -0.05) is 13.0 Å². The summed E-state index contributed by atoms with van der Waals surface area (Å²) < 4.78 is 13.9. The second-order valence-corrected chi connectivity index (χ2v) is 6.39. The van der Waals surface area contributed by atoms with Gasteiger partial charge in [-0.25, -0.2) is 9.18 Å². The lowest BCUT2D eigenvalue weighted by atomic mass is 10.1. The fourth-order valence-corrected chi connectivity index (χ4v) is 3.16. The van der Waals surface area contributed by atoms with Gasteiger partial charge >= 0.3 is 5.97 Å². The molecule has 0 aliphatic carbocycles. The first-order valence-corrected chi connectivity index (χ1v) is 7.63. The van der Waals surface area contributed by atoms with Crippen LogP contribution in [0, 0.1) is 5.82 Å². The van der Waals surface area contributed by atoms with Crippen molar-refractivity contribution in [2.45, 2.75) is 12.2 Å². The van der Waals surface area contributed by atoms with Crippen LogP contribution in [0.4, 0.5) is 4.39 Å². The number of rotatable bonds is 3. The van der Waals surface area contributed by atoms with Gasteiger partial charge in [0.2, 0.25) is 0 Å². The Morgan fingerprint density at radius 3 is 2.90 bits per heavy atom. The van der Waals surface area contributed by atoms with E-state index in [0.29, 0.717) is 23.9 Å². The number of amides is 1. The van der Waals surface area contributed by atoms with Gasteiger partial charge in [-0.05, 0) is 23.8 Å². The Kier molecular flexibility index (Phi) is 5.01. The minimum Gasteiger partial charge on any atom is -0.478 e. The summed E-state index contributed by atoms with van der Waals surface area (Å²) in [6, 6.07) is 4.03. The Bertz CT molecular complexity index is 588. The molecule has 0 spiro atoms. The van der Waals surface area contributed by atoms with Gasteiger partial charge in [-0.3, -0.25) is 4.79 Å². The predicted octanol–water partition coefficient (Wildman–Crippen LogP) is 2.50. The molecule has 1 N–H and O–H groups in total. The molecule has 0 bridgehead atoms. The van der Waals surface area contributed by atoms with Crippen LogP contribution < -0.4 is 0 Å². The molecule has 1 unspecified atom stereocenters. The van der Waals surface area contributed by atoms with Gasteiger partial charge in [0.15, 0.2) is 0 Å². The van der Waals surface area contributed by atoms with Crippen molar-refractivity contribution >= 4 is 29.7 Å². The molecule has 1 aromatic rings. The van der Waals surface area contributed by atoms with Crippen molar-refractivity contribution in [1.29, 1.82) is 0 Å². The third-order valence-corrected chi connectivity index (χ3v) is 4.30. The van der Waals surface area contributed by atoms with Gasteiger partial charge < -0.3 is 10.0 Å². The van der Waals surface area contributed by atoms with E-state index < -0.39 is 11.8 Å². The highest BCUT2D eigenvalue weighted by Gasteiger charge is 2.24. The zero-order valence-corrected chi connectivity index (χ0v) is 12.4. The van der Waals surface area contributed by atoms with Crippen molar-refractivity contribution in [3.8, 4) is 0 Å². The second kappa shape index (κ2) is 6.76. The van der Waals surface area contributed by atoms with Gasteiger partial charge in [0.05, 0.1) is 5.56 Å². The lowest BCUT2D eigenvalue weighted by Gasteiger charge is -2.30. The van der Waals surface area contributed by atoms with Gasteiger partial charge in [-0.2, -0.15) is 11.8 Å². The third-order valence-electron chi connectivity index (χ3n) is 3.17. The molecule has 0 aromatic heterocycles. The van der Waals surface area contributed by atoms with Crippen LogP contribution in [0.3, 0.4) is 0 Å². The zero-order chi connectivity index (χ0) is 15.4. The molecule has 1 amide bonds. The number of hydrogen-bond acceptors (Lipinski definition) is 3. The number of aliphatic carboxylic acids is 1. The number of benzene rings is 1. The van der Waals surface area contributed by atoms with E-state index in [1.807, 2.05) is 6.92 Å². The number of carbonyl (C=O) groups is 2. The lowest BCUT2D eigenvalue weighted by Crippen LogP contribution is -2.41. The average molecular weight is 309 g/mol. The third kappa shape index (κ3) is 4.07.